The largest absolute Gasteiger partial charge is 0.391 e. The number of aliphatic hydroxyl groups is 1. The van der Waals surface area contributed by atoms with Crippen molar-refractivity contribution in [2.45, 2.75) is 18.9 Å². The Bertz CT molecular complexity index is 332. The standard InChI is InChI=1S/C11H15NO2S/c1-12(7-9(13)8-4-5-8)11(14)10-3-2-6-15-10/h2-3,6,8-9,13H,4-5,7H2,1H3. The molecule has 0 spiro atoms. The number of likely N-dealkylation sites (N-methyl/N-ethyl adjacent to an activating group) is 1. The molecule has 0 aromatic carbocycles. The molecule has 1 aliphatic carbocycles. The Morgan fingerprint density at radius 3 is 3.00 bits per heavy atom. The van der Waals surface area contributed by atoms with E-state index in [1.165, 1.54) is 11.3 Å². The maximum atomic E-state index is 11.8. The lowest BCUT2D eigenvalue weighted by Crippen LogP contribution is -2.34. The van der Waals surface area contributed by atoms with Gasteiger partial charge >= 0.3 is 0 Å². The number of nitrogens with zero attached hydrogens (tertiary/aromatic N) is 1. The molecule has 1 saturated carbocycles. The van der Waals surface area contributed by atoms with Crippen molar-refractivity contribution in [2.75, 3.05) is 13.6 Å². The molecule has 1 fully saturated rings. The van der Waals surface area contributed by atoms with Gasteiger partial charge < -0.3 is 10.0 Å². The second kappa shape index (κ2) is 4.33. The molecule has 15 heavy (non-hydrogen) atoms. The summed E-state index contributed by atoms with van der Waals surface area (Å²) in [7, 11) is 1.74. The minimum atomic E-state index is -0.348. The van der Waals surface area contributed by atoms with Crippen LogP contribution in [0.3, 0.4) is 0 Å². The summed E-state index contributed by atoms with van der Waals surface area (Å²) < 4.78 is 0. The van der Waals surface area contributed by atoms with Crippen LogP contribution in [0.25, 0.3) is 0 Å². The monoisotopic (exact) mass is 225 g/mol. The van der Waals surface area contributed by atoms with Gasteiger partial charge in [-0.2, -0.15) is 0 Å². The van der Waals surface area contributed by atoms with Gasteiger partial charge in [0.2, 0.25) is 0 Å². The third kappa shape index (κ3) is 2.58. The summed E-state index contributed by atoms with van der Waals surface area (Å²) in [5.74, 6) is 0.424. The van der Waals surface area contributed by atoms with E-state index in [2.05, 4.69) is 0 Å². The first kappa shape index (κ1) is 10.6. The molecule has 1 N–H and O–H groups in total. The minimum Gasteiger partial charge on any atom is -0.391 e. The molecule has 1 amide bonds. The highest BCUT2D eigenvalue weighted by Gasteiger charge is 2.31. The van der Waals surface area contributed by atoms with Crippen LogP contribution in [0.2, 0.25) is 0 Å². The molecule has 1 unspecified atom stereocenters. The predicted octanol–water partition coefficient (Wildman–Crippen LogP) is 1.59. The molecule has 82 valence electrons. The average Bonchev–Trinajstić information content (AvgIpc) is 2.93. The normalized spacial score (nSPS) is 17.5. The molecular weight excluding hydrogens is 210 g/mol. The van der Waals surface area contributed by atoms with Crippen LogP contribution < -0.4 is 0 Å². The van der Waals surface area contributed by atoms with Crippen LogP contribution in [0.1, 0.15) is 22.5 Å². The summed E-state index contributed by atoms with van der Waals surface area (Å²) in [5.41, 5.74) is 0. The Labute approximate surface area is 93.3 Å². The highest BCUT2D eigenvalue weighted by atomic mass is 32.1. The molecule has 1 atom stereocenters. The Morgan fingerprint density at radius 2 is 2.47 bits per heavy atom. The topological polar surface area (TPSA) is 40.5 Å². The van der Waals surface area contributed by atoms with Gasteiger partial charge in [0.25, 0.3) is 5.91 Å². The molecule has 0 aliphatic heterocycles. The molecule has 4 heteroatoms. The summed E-state index contributed by atoms with van der Waals surface area (Å²) in [4.78, 5) is 14.2. The van der Waals surface area contributed by atoms with Gasteiger partial charge in [-0.1, -0.05) is 6.07 Å². The van der Waals surface area contributed by atoms with E-state index in [-0.39, 0.29) is 12.0 Å². The highest BCUT2D eigenvalue weighted by Crippen LogP contribution is 2.32. The summed E-state index contributed by atoms with van der Waals surface area (Å²) >= 11 is 1.44. The minimum absolute atomic E-state index is 0.00435. The Balaban J connectivity index is 1.89. The maximum Gasteiger partial charge on any atom is 0.263 e. The van der Waals surface area contributed by atoms with Gasteiger partial charge in [-0.3, -0.25) is 4.79 Å². The van der Waals surface area contributed by atoms with Crippen LogP contribution in [0.5, 0.6) is 0 Å². The summed E-state index contributed by atoms with van der Waals surface area (Å²) in [6, 6.07) is 3.68. The Hall–Kier alpha value is -0.870. The molecule has 1 aliphatic rings. The van der Waals surface area contributed by atoms with Crippen molar-refractivity contribution in [1.29, 1.82) is 0 Å². The van der Waals surface area contributed by atoms with E-state index in [4.69, 9.17) is 0 Å². The first-order chi connectivity index (χ1) is 7.18. The molecule has 0 radical (unpaired) electrons. The number of aliphatic hydroxyl groups excluding tert-OH is 1. The van der Waals surface area contributed by atoms with Gasteiger partial charge in [-0.15, -0.1) is 11.3 Å². The molecule has 2 rings (SSSR count). The van der Waals surface area contributed by atoms with Crippen LogP contribution >= 0.6 is 11.3 Å². The van der Waals surface area contributed by atoms with Crippen molar-refractivity contribution in [3.8, 4) is 0 Å². The van der Waals surface area contributed by atoms with Crippen LogP contribution in [-0.4, -0.2) is 35.6 Å². The van der Waals surface area contributed by atoms with Gasteiger partial charge in [0.15, 0.2) is 0 Å². The first-order valence-electron chi connectivity index (χ1n) is 5.15. The van der Waals surface area contributed by atoms with E-state index in [1.54, 1.807) is 11.9 Å². The van der Waals surface area contributed by atoms with Crippen LogP contribution in [-0.2, 0) is 0 Å². The average molecular weight is 225 g/mol. The lowest BCUT2D eigenvalue weighted by molar-refractivity contribution is 0.0649. The van der Waals surface area contributed by atoms with E-state index in [9.17, 15) is 9.90 Å². The molecule has 0 bridgehead atoms. The number of amides is 1. The second-order valence-electron chi connectivity index (χ2n) is 4.07. The molecule has 0 saturated heterocycles. The fraction of sp³-hybridized carbons (Fsp3) is 0.545. The zero-order valence-electron chi connectivity index (χ0n) is 8.72. The molecule has 1 aromatic heterocycles. The molecule has 1 aromatic rings. The van der Waals surface area contributed by atoms with Crippen molar-refractivity contribution >= 4 is 17.2 Å². The zero-order chi connectivity index (χ0) is 10.8. The lowest BCUT2D eigenvalue weighted by atomic mass is 10.2. The Morgan fingerprint density at radius 1 is 1.73 bits per heavy atom. The van der Waals surface area contributed by atoms with Gasteiger partial charge in [0, 0.05) is 13.6 Å². The van der Waals surface area contributed by atoms with Gasteiger partial charge in [-0.05, 0) is 30.2 Å². The molecular formula is C11H15NO2S. The molecule has 3 nitrogen and oxygen atoms in total. The third-order valence-corrected chi connectivity index (χ3v) is 3.56. The fourth-order valence-corrected chi connectivity index (χ4v) is 2.30. The Kier molecular flexibility index (Phi) is 3.07. The maximum absolute atomic E-state index is 11.8. The fourth-order valence-electron chi connectivity index (χ4n) is 1.58. The zero-order valence-corrected chi connectivity index (χ0v) is 9.54. The number of hydrogen-bond donors (Lipinski definition) is 1. The summed E-state index contributed by atoms with van der Waals surface area (Å²) in [5, 5.41) is 11.6. The van der Waals surface area contributed by atoms with Crippen molar-refractivity contribution in [3.63, 3.8) is 0 Å². The highest BCUT2D eigenvalue weighted by molar-refractivity contribution is 7.12. The van der Waals surface area contributed by atoms with Crippen molar-refractivity contribution < 1.29 is 9.90 Å². The number of hydrogen-bond acceptors (Lipinski definition) is 3. The SMILES string of the molecule is CN(CC(O)C1CC1)C(=O)c1cccs1. The van der Waals surface area contributed by atoms with Gasteiger partial charge in [0.1, 0.15) is 0 Å². The van der Waals surface area contributed by atoms with Crippen molar-refractivity contribution in [3.05, 3.63) is 22.4 Å². The van der Waals surface area contributed by atoms with Crippen LogP contribution in [0.15, 0.2) is 17.5 Å². The van der Waals surface area contributed by atoms with Gasteiger partial charge in [-0.25, -0.2) is 0 Å². The van der Waals surface area contributed by atoms with E-state index in [1.807, 2.05) is 17.5 Å². The van der Waals surface area contributed by atoms with E-state index < -0.39 is 0 Å². The molecule has 1 heterocycles. The van der Waals surface area contributed by atoms with Crippen molar-refractivity contribution in [1.82, 2.24) is 4.90 Å². The third-order valence-electron chi connectivity index (χ3n) is 2.71. The smallest absolute Gasteiger partial charge is 0.263 e. The number of rotatable bonds is 4. The van der Waals surface area contributed by atoms with Crippen LogP contribution in [0.4, 0.5) is 0 Å². The van der Waals surface area contributed by atoms with Crippen LogP contribution in [0, 0.1) is 5.92 Å². The summed E-state index contributed by atoms with van der Waals surface area (Å²) in [6.07, 6.45) is 1.85. The number of thiophene rings is 1. The van der Waals surface area contributed by atoms with E-state index >= 15 is 0 Å². The number of carbonyl (C=O) groups excluding carboxylic acids is 1. The van der Waals surface area contributed by atoms with E-state index in [0.717, 1.165) is 17.7 Å². The summed E-state index contributed by atoms with van der Waals surface area (Å²) in [6.45, 7) is 0.446. The van der Waals surface area contributed by atoms with Crippen molar-refractivity contribution in [2.24, 2.45) is 5.92 Å². The quantitative estimate of drug-likeness (QED) is 0.845. The predicted molar refractivity (Wildman–Crippen MR) is 60.0 cm³/mol. The first-order valence-corrected chi connectivity index (χ1v) is 6.03. The van der Waals surface area contributed by atoms with E-state index in [0.29, 0.717) is 12.5 Å². The second-order valence-corrected chi connectivity index (χ2v) is 5.02. The van der Waals surface area contributed by atoms with Gasteiger partial charge in [0.05, 0.1) is 11.0 Å². The number of carbonyl (C=O) groups is 1. The lowest BCUT2D eigenvalue weighted by Gasteiger charge is -2.19.